The van der Waals surface area contributed by atoms with Crippen LogP contribution < -0.4 is 5.73 Å². The molecule has 0 aliphatic rings. The maximum absolute atomic E-state index is 13.1. The number of rotatable bonds is 6. The van der Waals surface area contributed by atoms with Crippen LogP contribution in [0.2, 0.25) is 0 Å². The molecule has 0 heterocycles. The molecule has 0 saturated heterocycles. The van der Waals surface area contributed by atoms with E-state index in [9.17, 15) is 18.7 Å². The first kappa shape index (κ1) is 13.7. The molecule has 0 amide bonds. The van der Waals surface area contributed by atoms with Gasteiger partial charge >= 0.3 is 0 Å². The first-order valence-corrected chi connectivity index (χ1v) is 6.50. The number of nitrogens with two attached hydrogens (primary N) is 1. The van der Waals surface area contributed by atoms with E-state index in [-0.39, 0.29) is 11.4 Å². The van der Waals surface area contributed by atoms with Crippen LogP contribution in [0.15, 0.2) is 18.2 Å². The molecule has 5 nitrogen and oxygen atoms in total. The van der Waals surface area contributed by atoms with Crippen molar-refractivity contribution in [2.24, 2.45) is 5.73 Å². The van der Waals surface area contributed by atoms with Crippen molar-refractivity contribution in [2.45, 2.75) is 12.2 Å². The van der Waals surface area contributed by atoms with E-state index >= 15 is 0 Å². The van der Waals surface area contributed by atoms with Gasteiger partial charge < -0.3 is 5.73 Å². The number of non-ortho nitro benzene ring substituents is 1. The summed E-state index contributed by atoms with van der Waals surface area (Å²) >= 11 is 0. The molecule has 0 aromatic heterocycles. The molecule has 1 aromatic rings. The topological polar surface area (TPSA) is 86.2 Å². The van der Waals surface area contributed by atoms with Crippen molar-refractivity contribution in [3.63, 3.8) is 0 Å². The van der Waals surface area contributed by atoms with Crippen LogP contribution in [0.25, 0.3) is 0 Å². The minimum atomic E-state index is -1.17. The minimum Gasteiger partial charge on any atom is -0.330 e. The lowest BCUT2D eigenvalue weighted by Gasteiger charge is -2.02. The molecule has 1 rings (SSSR count). The van der Waals surface area contributed by atoms with E-state index in [0.29, 0.717) is 24.3 Å². The highest BCUT2D eigenvalue weighted by Crippen LogP contribution is 2.17. The Labute approximate surface area is 100 Å². The van der Waals surface area contributed by atoms with Gasteiger partial charge in [0.2, 0.25) is 0 Å². The normalized spacial score (nSPS) is 12.4. The summed E-state index contributed by atoms with van der Waals surface area (Å²) in [6, 6.07) is 3.24. The van der Waals surface area contributed by atoms with Crippen LogP contribution >= 0.6 is 0 Å². The van der Waals surface area contributed by atoms with Gasteiger partial charge in [0.15, 0.2) is 0 Å². The number of nitrogens with zero attached hydrogens (tertiary/aromatic N) is 1. The average molecular weight is 260 g/mol. The zero-order chi connectivity index (χ0) is 12.8. The highest BCUT2D eigenvalue weighted by molar-refractivity contribution is 7.84. The van der Waals surface area contributed by atoms with Gasteiger partial charge in [0.25, 0.3) is 5.69 Å². The smallest absolute Gasteiger partial charge is 0.272 e. The largest absolute Gasteiger partial charge is 0.330 e. The predicted octanol–water partition coefficient (Wildman–Crippen LogP) is 1.33. The van der Waals surface area contributed by atoms with Gasteiger partial charge in [0.05, 0.1) is 11.0 Å². The Kier molecular flexibility index (Phi) is 5.17. The molecule has 0 radical (unpaired) electrons. The zero-order valence-corrected chi connectivity index (χ0v) is 9.91. The number of hydrogen-bond donors (Lipinski definition) is 1. The van der Waals surface area contributed by atoms with Crippen LogP contribution in [-0.4, -0.2) is 21.4 Å². The summed E-state index contributed by atoms with van der Waals surface area (Å²) in [4.78, 5) is 9.84. The highest BCUT2D eigenvalue weighted by Gasteiger charge is 2.11. The molecule has 0 bridgehead atoms. The van der Waals surface area contributed by atoms with E-state index in [0.717, 1.165) is 12.1 Å². The Morgan fingerprint density at radius 1 is 1.41 bits per heavy atom. The Bertz CT molecular complexity index is 440. The first-order chi connectivity index (χ1) is 8.02. The highest BCUT2D eigenvalue weighted by atomic mass is 32.2. The van der Waals surface area contributed by atoms with E-state index in [1.54, 1.807) is 0 Å². The van der Waals surface area contributed by atoms with Crippen LogP contribution in [0.5, 0.6) is 0 Å². The van der Waals surface area contributed by atoms with Crippen LogP contribution in [0, 0.1) is 15.9 Å². The lowest BCUT2D eigenvalue weighted by Crippen LogP contribution is -2.07. The molecule has 0 aliphatic carbocycles. The van der Waals surface area contributed by atoms with Crippen molar-refractivity contribution in [2.75, 3.05) is 12.3 Å². The fourth-order valence-corrected chi connectivity index (χ4v) is 2.50. The molecule has 1 atom stereocenters. The molecule has 0 saturated carbocycles. The lowest BCUT2D eigenvalue weighted by atomic mass is 10.2. The van der Waals surface area contributed by atoms with Gasteiger partial charge in [-0.2, -0.15) is 0 Å². The Balaban J connectivity index is 2.77. The van der Waals surface area contributed by atoms with E-state index in [1.807, 2.05) is 0 Å². The standard InChI is InChI=1S/C10H13FN2O3S/c11-9-4-8(5-10(6-9)13(14)15)7-17(16)3-1-2-12/h4-6H,1-3,7,12H2. The van der Waals surface area contributed by atoms with Crippen molar-refractivity contribution < 1.29 is 13.5 Å². The SMILES string of the molecule is NCCCS(=O)Cc1cc(F)cc([N+](=O)[O-])c1. The zero-order valence-electron chi connectivity index (χ0n) is 9.10. The van der Waals surface area contributed by atoms with Crippen molar-refractivity contribution >= 4 is 16.5 Å². The van der Waals surface area contributed by atoms with E-state index in [1.165, 1.54) is 6.07 Å². The monoisotopic (exact) mass is 260 g/mol. The molecule has 1 aromatic carbocycles. The van der Waals surface area contributed by atoms with Crippen LogP contribution in [0.1, 0.15) is 12.0 Å². The number of benzene rings is 1. The summed E-state index contributed by atoms with van der Waals surface area (Å²) in [5, 5.41) is 10.5. The van der Waals surface area contributed by atoms with Gasteiger partial charge in [0.1, 0.15) is 5.82 Å². The molecular formula is C10H13FN2O3S. The molecule has 0 fully saturated rings. The predicted molar refractivity (Wildman–Crippen MR) is 63.4 cm³/mol. The van der Waals surface area contributed by atoms with Crippen molar-refractivity contribution in [1.82, 2.24) is 0 Å². The maximum atomic E-state index is 13.1. The summed E-state index contributed by atoms with van der Waals surface area (Å²) < 4.78 is 24.6. The average Bonchev–Trinajstić information content (AvgIpc) is 2.25. The summed E-state index contributed by atoms with van der Waals surface area (Å²) in [5.41, 5.74) is 5.32. The molecule has 2 N–H and O–H groups in total. The fourth-order valence-electron chi connectivity index (χ4n) is 1.32. The van der Waals surface area contributed by atoms with Crippen LogP contribution in [0.4, 0.5) is 10.1 Å². The van der Waals surface area contributed by atoms with Gasteiger partial charge in [-0.3, -0.25) is 14.3 Å². The van der Waals surface area contributed by atoms with Gasteiger partial charge in [-0.25, -0.2) is 4.39 Å². The van der Waals surface area contributed by atoms with Gasteiger partial charge in [-0.15, -0.1) is 0 Å². The summed E-state index contributed by atoms with van der Waals surface area (Å²) in [6.07, 6.45) is 0.615. The number of nitro groups is 1. The van der Waals surface area contributed by atoms with Crippen molar-refractivity contribution in [3.8, 4) is 0 Å². The third-order valence-electron chi connectivity index (χ3n) is 2.06. The molecule has 0 aliphatic heterocycles. The van der Waals surface area contributed by atoms with Gasteiger partial charge in [-0.05, 0) is 24.6 Å². The maximum Gasteiger partial charge on any atom is 0.272 e. The van der Waals surface area contributed by atoms with Gasteiger partial charge in [0, 0.05) is 28.4 Å². The molecule has 7 heteroatoms. The molecule has 17 heavy (non-hydrogen) atoms. The number of nitro benzene ring substituents is 1. The quantitative estimate of drug-likeness (QED) is 0.617. The summed E-state index contributed by atoms with van der Waals surface area (Å²) in [6.45, 7) is 0.440. The van der Waals surface area contributed by atoms with Crippen LogP contribution in [0.3, 0.4) is 0 Å². The molecule has 1 unspecified atom stereocenters. The van der Waals surface area contributed by atoms with E-state index < -0.39 is 21.5 Å². The van der Waals surface area contributed by atoms with Gasteiger partial charge in [-0.1, -0.05) is 0 Å². The minimum absolute atomic E-state index is 0.110. The molecule has 94 valence electrons. The van der Waals surface area contributed by atoms with E-state index in [4.69, 9.17) is 5.73 Å². The van der Waals surface area contributed by atoms with Crippen molar-refractivity contribution in [1.29, 1.82) is 0 Å². The second-order valence-corrected chi connectivity index (χ2v) is 5.08. The third kappa shape index (κ3) is 4.58. The second kappa shape index (κ2) is 6.41. The Morgan fingerprint density at radius 3 is 2.71 bits per heavy atom. The lowest BCUT2D eigenvalue weighted by molar-refractivity contribution is -0.385. The van der Waals surface area contributed by atoms with E-state index in [2.05, 4.69) is 0 Å². The number of hydrogen-bond acceptors (Lipinski definition) is 4. The first-order valence-electron chi connectivity index (χ1n) is 5.02. The summed E-state index contributed by atoms with van der Waals surface area (Å²) in [7, 11) is -1.17. The summed E-state index contributed by atoms with van der Waals surface area (Å²) in [5.74, 6) is -0.163. The Hall–Kier alpha value is -1.34. The van der Waals surface area contributed by atoms with Crippen molar-refractivity contribution in [3.05, 3.63) is 39.7 Å². The molecular weight excluding hydrogens is 247 g/mol. The molecule has 0 spiro atoms. The Morgan fingerprint density at radius 2 is 2.12 bits per heavy atom. The number of halogens is 1. The second-order valence-electron chi connectivity index (χ2n) is 3.51. The van der Waals surface area contributed by atoms with Crippen LogP contribution in [-0.2, 0) is 16.6 Å². The fraction of sp³-hybridized carbons (Fsp3) is 0.400. The third-order valence-corrected chi connectivity index (χ3v) is 3.46.